The summed E-state index contributed by atoms with van der Waals surface area (Å²) < 4.78 is 5.91. The number of rotatable bonds is 8. The van der Waals surface area contributed by atoms with Gasteiger partial charge in [0.1, 0.15) is 11.5 Å². The van der Waals surface area contributed by atoms with Crippen LogP contribution in [0.15, 0.2) is 83.5 Å². The molecule has 4 N–H and O–H groups in total. The van der Waals surface area contributed by atoms with Crippen LogP contribution >= 0.6 is 0 Å². The third-order valence-corrected chi connectivity index (χ3v) is 6.07. The number of nitrogens with one attached hydrogen (secondary N) is 3. The van der Waals surface area contributed by atoms with Gasteiger partial charge in [-0.2, -0.15) is 4.98 Å². The van der Waals surface area contributed by atoms with E-state index < -0.39 is 6.04 Å². The fraction of sp³-hybridized carbons (Fsp3) is 0.111. The lowest BCUT2D eigenvalue weighted by atomic mass is 10.1. The predicted molar refractivity (Wildman–Crippen MR) is 139 cm³/mol. The summed E-state index contributed by atoms with van der Waals surface area (Å²) in [4.78, 5) is 25.3. The average molecular weight is 507 g/mol. The van der Waals surface area contributed by atoms with Crippen LogP contribution in [0.25, 0.3) is 23.0 Å². The maximum Gasteiger partial charge on any atom is 0.266 e. The molecule has 38 heavy (non-hydrogen) atoms. The van der Waals surface area contributed by atoms with E-state index in [1.54, 1.807) is 36.7 Å². The first kappa shape index (κ1) is 23.3. The quantitative estimate of drug-likeness (QED) is 0.245. The lowest BCUT2D eigenvalue weighted by Crippen LogP contribution is -2.17. The van der Waals surface area contributed by atoms with Crippen molar-refractivity contribution in [3.63, 3.8) is 0 Å². The Kier molecular flexibility index (Phi) is 6.16. The van der Waals surface area contributed by atoms with Crippen molar-refractivity contribution in [3.05, 3.63) is 95.8 Å². The Morgan fingerprint density at radius 1 is 0.974 bits per heavy atom. The molecule has 6 rings (SSSR count). The minimum Gasteiger partial charge on any atom is -0.414 e. The average Bonchev–Trinajstić information content (AvgIpc) is 3.60. The van der Waals surface area contributed by atoms with E-state index in [0.717, 1.165) is 16.8 Å². The zero-order chi connectivity index (χ0) is 25.9. The van der Waals surface area contributed by atoms with Crippen LogP contribution in [-0.2, 0) is 6.54 Å². The predicted octanol–water partition coefficient (Wildman–Crippen LogP) is 3.72. The molecule has 5 aromatic rings. The van der Waals surface area contributed by atoms with Crippen LogP contribution in [0.1, 0.15) is 27.5 Å². The zero-order valence-corrected chi connectivity index (χ0v) is 20.0. The number of benzene rings is 2. The van der Waals surface area contributed by atoms with Crippen LogP contribution in [0.4, 0.5) is 17.5 Å². The van der Waals surface area contributed by atoms with Crippen molar-refractivity contribution in [2.24, 2.45) is 0 Å². The number of carbonyl (C=O) groups excluding carboxylic acids is 1. The Hall–Kier alpha value is -5.16. The van der Waals surface area contributed by atoms with Crippen molar-refractivity contribution in [2.45, 2.75) is 12.6 Å². The number of amides is 1. The smallest absolute Gasteiger partial charge is 0.266 e. The minimum atomic E-state index is -0.451. The second kappa shape index (κ2) is 10.1. The number of hydrogen-bond donors (Lipinski definition) is 4. The first-order chi connectivity index (χ1) is 18.7. The lowest BCUT2D eigenvalue weighted by molar-refractivity contribution is 0.0965. The Balaban J connectivity index is 1.35. The molecule has 1 aliphatic heterocycles. The Labute approximate surface area is 217 Å². The molecule has 188 valence electrons. The third-order valence-electron chi connectivity index (χ3n) is 6.07. The van der Waals surface area contributed by atoms with E-state index in [2.05, 4.69) is 41.1 Å². The number of hydrogen-bond acceptors (Lipinski definition) is 10. The van der Waals surface area contributed by atoms with Gasteiger partial charge in [0.2, 0.25) is 5.95 Å². The summed E-state index contributed by atoms with van der Waals surface area (Å²) in [6, 6.07) is 20.0. The SMILES string of the molecule is O=C1NCc2cc(Nc3ncc(-c4nnc(-c5ccccn5)o4)c(N[C@H](CO)c4ccccc4)n3)ccc21. The number of aliphatic hydroxyl groups is 1. The number of aliphatic hydroxyl groups excluding tert-OH is 1. The van der Waals surface area contributed by atoms with E-state index in [1.165, 1.54) is 0 Å². The van der Waals surface area contributed by atoms with Crippen LogP contribution in [0.5, 0.6) is 0 Å². The van der Waals surface area contributed by atoms with Gasteiger partial charge in [-0.05, 0) is 41.5 Å². The molecule has 4 heterocycles. The second-order valence-electron chi connectivity index (χ2n) is 8.55. The molecule has 0 saturated heterocycles. The van der Waals surface area contributed by atoms with Crippen LogP contribution in [0, 0.1) is 0 Å². The molecule has 0 bridgehead atoms. The molecule has 3 aromatic heterocycles. The van der Waals surface area contributed by atoms with Gasteiger partial charge in [0.05, 0.1) is 18.2 Å². The summed E-state index contributed by atoms with van der Waals surface area (Å²) in [5, 5.41) is 27.8. The highest BCUT2D eigenvalue weighted by Gasteiger charge is 2.22. The van der Waals surface area contributed by atoms with Crippen molar-refractivity contribution in [3.8, 4) is 23.0 Å². The van der Waals surface area contributed by atoms with Crippen LogP contribution in [0.3, 0.4) is 0 Å². The molecule has 0 saturated carbocycles. The number of anilines is 3. The van der Waals surface area contributed by atoms with E-state index in [-0.39, 0.29) is 24.3 Å². The van der Waals surface area contributed by atoms with Gasteiger partial charge in [-0.1, -0.05) is 36.4 Å². The zero-order valence-electron chi connectivity index (χ0n) is 20.0. The molecule has 0 aliphatic carbocycles. The summed E-state index contributed by atoms with van der Waals surface area (Å²) in [5.74, 6) is 1.07. The Morgan fingerprint density at radius 2 is 1.82 bits per heavy atom. The maximum atomic E-state index is 11.9. The van der Waals surface area contributed by atoms with Gasteiger partial charge < -0.3 is 25.5 Å². The van der Waals surface area contributed by atoms with Crippen molar-refractivity contribution in [1.29, 1.82) is 0 Å². The normalized spacial score (nSPS) is 13.0. The Bertz CT molecular complexity index is 1590. The van der Waals surface area contributed by atoms with Crippen molar-refractivity contribution in [1.82, 2.24) is 30.5 Å². The first-order valence-electron chi connectivity index (χ1n) is 11.9. The largest absolute Gasteiger partial charge is 0.414 e. The highest BCUT2D eigenvalue weighted by atomic mass is 16.4. The molecule has 11 nitrogen and oxygen atoms in total. The summed E-state index contributed by atoms with van der Waals surface area (Å²) in [5.41, 5.74) is 4.17. The first-order valence-corrected chi connectivity index (χ1v) is 11.9. The monoisotopic (exact) mass is 506 g/mol. The number of fused-ring (bicyclic) bond motifs is 1. The van der Waals surface area contributed by atoms with Crippen LogP contribution in [0.2, 0.25) is 0 Å². The molecule has 1 atom stereocenters. The second-order valence-corrected chi connectivity index (χ2v) is 8.55. The summed E-state index contributed by atoms with van der Waals surface area (Å²) in [6.45, 7) is 0.298. The van der Waals surface area contributed by atoms with Gasteiger partial charge >= 0.3 is 0 Å². The maximum absolute atomic E-state index is 11.9. The molecule has 11 heteroatoms. The van der Waals surface area contributed by atoms with Gasteiger partial charge in [-0.15, -0.1) is 10.2 Å². The van der Waals surface area contributed by atoms with Gasteiger partial charge in [-0.25, -0.2) is 4.98 Å². The fourth-order valence-electron chi connectivity index (χ4n) is 4.16. The standard InChI is InChI=1S/C27H22N8O3/c36-15-22(16-6-2-1-3-7-16)32-23-20(25-34-35-26(38-25)21-8-4-5-11-28-21)14-30-27(33-23)31-18-9-10-19-17(12-18)13-29-24(19)37/h1-12,14,22,36H,13,15H2,(H,29,37)(H2,30,31,32,33)/t22-/m1/s1. The van der Waals surface area contributed by atoms with E-state index in [0.29, 0.717) is 35.1 Å². The molecule has 0 spiro atoms. The van der Waals surface area contributed by atoms with Crippen LogP contribution < -0.4 is 16.0 Å². The van der Waals surface area contributed by atoms with E-state index in [1.807, 2.05) is 42.5 Å². The molecule has 1 aliphatic rings. The van der Waals surface area contributed by atoms with Gasteiger partial charge in [0.15, 0.2) is 0 Å². The van der Waals surface area contributed by atoms with Crippen molar-refractivity contribution in [2.75, 3.05) is 17.2 Å². The molecule has 0 unspecified atom stereocenters. The molecule has 2 aromatic carbocycles. The van der Waals surface area contributed by atoms with Gasteiger partial charge in [-0.3, -0.25) is 9.78 Å². The van der Waals surface area contributed by atoms with E-state index >= 15 is 0 Å². The molecular formula is C27H22N8O3. The van der Waals surface area contributed by atoms with Gasteiger partial charge in [0, 0.05) is 30.2 Å². The van der Waals surface area contributed by atoms with E-state index in [4.69, 9.17) is 4.42 Å². The minimum absolute atomic E-state index is 0.0841. The number of pyridine rings is 1. The van der Waals surface area contributed by atoms with Gasteiger partial charge in [0.25, 0.3) is 17.7 Å². The van der Waals surface area contributed by atoms with Crippen molar-refractivity contribution < 1.29 is 14.3 Å². The molecule has 0 radical (unpaired) electrons. The fourth-order valence-corrected chi connectivity index (χ4v) is 4.16. The third kappa shape index (κ3) is 4.65. The Morgan fingerprint density at radius 3 is 2.63 bits per heavy atom. The highest BCUT2D eigenvalue weighted by Crippen LogP contribution is 2.31. The number of nitrogens with zero attached hydrogens (tertiary/aromatic N) is 5. The molecule has 1 amide bonds. The molecule has 0 fully saturated rings. The van der Waals surface area contributed by atoms with Crippen molar-refractivity contribution >= 4 is 23.4 Å². The summed E-state index contributed by atoms with van der Waals surface area (Å²) in [7, 11) is 0. The topological polar surface area (TPSA) is 151 Å². The number of aromatic nitrogens is 5. The summed E-state index contributed by atoms with van der Waals surface area (Å²) in [6.07, 6.45) is 3.22. The molecular weight excluding hydrogens is 484 g/mol. The highest BCUT2D eigenvalue weighted by molar-refractivity contribution is 5.98. The van der Waals surface area contributed by atoms with Crippen LogP contribution in [-0.4, -0.2) is 42.8 Å². The lowest BCUT2D eigenvalue weighted by Gasteiger charge is -2.19. The number of carbonyl (C=O) groups is 1. The van der Waals surface area contributed by atoms with E-state index in [9.17, 15) is 9.90 Å². The summed E-state index contributed by atoms with van der Waals surface area (Å²) >= 11 is 0.